The Morgan fingerprint density at radius 2 is 1.64 bits per heavy atom. The smallest absolute Gasteiger partial charge is 0.328 e. The first-order chi connectivity index (χ1) is 10.1. The minimum atomic E-state index is -4.11. The van der Waals surface area contributed by atoms with Crippen molar-refractivity contribution in [2.75, 3.05) is 12.8 Å². The van der Waals surface area contributed by atoms with Crippen LogP contribution in [-0.4, -0.2) is 45.6 Å². The first-order valence-electron chi connectivity index (χ1n) is 7.00. The summed E-state index contributed by atoms with van der Waals surface area (Å²) >= 11 is 0. The van der Waals surface area contributed by atoms with Crippen LogP contribution >= 0.6 is 7.60 Å². The van der Waals surface area contributed by atoms with Gasteiger partial charge in [-0.3, -0.25) is 14.2 Å². The van der Waals surface area contributed by atoms with Gasteiger partial charge in [-0.15, -0.1) is 0 Å². The van der Waals surface area contributed by atoms with Crippen LogP contribution in [0, 0.1) is 11.8 Å². The van der Waals surface area contributed by atoms with Crippen molar-refractivity contribution >= 4 is 25.3 Å². The lowest BCUT2D eigenvalue weighted by molar-refractivity contribution is -0.144. The third-order valence-corrected chi connectivity index (χ3v) is 4.57. The standard InChI is InChI=1S/C13H23O8P/c1-3-4-11(13(17)18)8-22(19,20)21-6-5-10(12(15)16)7-9(2)14/h10-11H,3-8H2,1-2H3,(H,15,16)(H,17,18)(H,19,20). The maximum absolute atomic E-state index is 11.8. The number of carboxylic acid groups (broad SMARTS) is 2. The van der Waals surface area contributed by atoms with Gasteiger partial charge < -0.3 is 24.4 Å². The maximum Gasteiger partial charge on any atom is 0.328 e. The summed E-state index contributed by atoms with van der Waals surface area (Å²) in [6, 6.07) is 0. The molecule has 0 aliphatic rings. The second kappa shape index (κ2) is 9.71. The van der Waals surface area contributed by atoms with Crippen molar-refractivity contribution in [1.82, 2.24) is 0 Å². The van der Waals surface area contributed by atoms with E-state index >= 15 is 0 Å². The summed E-state index contributed by atoms with van der Waals surface area (Å²) in [5.74, 6) is -4.61. The van der Waals surface area contributed by atoms with E-state index in [0.29, 0.717) is 6.42 Å². The van der Waals surface area contributed by atoms with Crippen LogP contribution in [0.15, 0.2) is 0 Å². The van der Waals surface area contributed by atoms with E-state index < -0.39 is 37.5 Å². The average molecular weight is 338 g/mol. The van der Waals surface area contributed by atoms with Gasteiger partial charge in [-0.1, -0.05) is 13.3 Å². The van der Waals surface area contributed by atoms with Crippen molar-refractivity contribution in [3.8, 4) is 0 Å². The van der Waals surface area contributed by atoms with E-state index in [0.717, 1.165) is 0 Å². The van der Waals surface area contributed by atoms with E-state index in [1.54, 1.807) is 6.92 Å². The molecule has 0 fully saturated rings. The van der Waals surface area contributed by atoms with Gasteiger partial charge in [0, 0.05) is 6.42 Å². The van der Waals surface area contributed by atoms with Gasteiger partial charge in [0.15, 0.2) is 0 Å². The minimum Gasteiger partial charge on any atom is -0.481 e. The molecular weight excluding hydrogens is 315 g/mol. The highest BCUT2D eigenvalue weighted by Crippen LogP contribution is 2.44. The first kappa shape index (κ1) is 20.8. The quantitative estimate of drug-likeness (QED) is 0.458. The lowest BCUT2D eigenvalue weighted by atomic mass is 10.0. The van der Waals surface area contributed by atoms with Gasteiger partial charge in [0.05, 0.1) is 24.6 Å². The number of aliphatic carboxylic acids is 2. The third kappa shape index (κ3) is 8.92. The van der Waals surface area contributed by atoms with Gasteiger partial charge in [-0.25, -0.2) is 0 Å². The zero-order valence-corrected chi connectivity index (χ0v) is 13.6. The minimum absolute atomic E-state index is 0.0923. The van der Waals surface area contributed by atoms with Crippen molar-refractivity contribution in [3.05, 3.63) is 0 Å². The highest BCUT2D eigenvalue weighted by Gasteiger charge is 2.30. The summed E-state index contributed by atoms with van der Waals surface area (Å²) in [5.41, 5.74) is 0. The lowest BCUT2D eigenvalue weighted by Crippen LogP contribution is -2.20. The molecule has 3 N–H and O–H groups in total. The number of carboxylic acids is 2. The summed E-state index contributed by atoms with van der Waals surface area (Å²) in [6.45, 7) is 2.70. The Bertz CT molecular complexity index is 447. The molecule has 0 amide bonds. The van der Waals surface area contributed by atoms with Crippen LogP contribution in [0.1, 0.15) is 39.5 Å². The van der Waals surface area contributed by atoms with Crippen LogP contribution in [0.4, 0.5) is 0 Å². The normalized spacial score (nSPS) is 16.5. The van der Waals surface area contributed by atoms with Crippen LogP contribution in [-0.2, 0) is 23.5 Å². The molecule has 0 aromatic rings. The molecule has 0 rings (SSSR count). The Kier molecular flexibility index (Phi) is 9.16. The lowest BCUT2D eigenvalue weighted by Gasteiger charge is -2.17. The number of hydrogen-bond acceptors (Lipinski definition) is 5. The molecule has 0 radical (unpaired) electrons. The fraction of sp³-hybridized carbons (Fsp3) is 0.769. The molecule has 3 unspecified atom stereocenters. The summed E-state index contributed by atoms with van der Waals surface area (Å²) in [7, 11) is -4.11. The number of rotatable bonds is 12. The van der Waals surface area contributed by atoms with E-state index in [2.05, 4.69) is 0 Å². The van der Waals surface area contributed by atoms with Crippen LogP contribution in [0.25, 0.3) is 0 Å². The molecule has 0 bridgehead atoms. The summed E-state index contributed by atoms with van der Waals surface area (Å²) in [4.78, 5) is 42.5. The topological polar surface area (TPSA) is 138 Å². The van der Waals surface area contributed by atoms with Crippen LogP contribution in [0.3, 0.4) is 0 Å². The molecular formula is C13H23O8P. The van der Waals surface area contributed by atoms with E-state index in [4.69, 9.17) is 14.7 Å². The summed E-state index contributed by atoms with van der Waals surface area (Å²) < 4.78 is 16.6. The van der Waals surface area contributed by atoms with Gasteiger partial charge >= 0.3 is 19.5 Å². The van der Waals surface area contributed by atoms with Gasteiger partial charge in [0.25, 0.3) is 0 Å². The Balaban J connectivity index is 4.47. The van der Waals surface area contributed by atoms with Gasteiger partial charge in [0.2, 0.25) is 0 Å². The number of Topliss-reactive ketones (excluding diaryl/α,β-unsaturated/α-hetero) is 1. The van der Waals surface area contributed by atoms with E-state index in [1.165, 1.54) is 6.92 Å². The molecule has 0 aliphatic heterocycles. The van der Waals surface area contributed by atoms with Crippen molar-refractivity contribution in [1.29, 1.82) is 0 Å². The molecule has 0 saturated heterocycles. The molecule has 0 spiro atoms. The first-order valence-corrected chi connectivity index (χ1v) is 8.76. The molecule has 22 heavy (non-hydrogen) atoms. The van der Waals surface area contributed by atoms with Crippen molar-refractivity contribution < 1.29 is 38.6 Å². The molecule has 3 atom stereocenters. The van der Waals surface area contributed by atoms with Gasteiger partial charge in [0.1, 0.15) is 5.78 Å². The Morgan fingerprint density at radius 1 is 1.09 bits per heavy atom. The number of ketones is 1. The highest BCUT2D eigenvalue weighted by molar-refractivity contribution is 7.52. The van der Waals surface area contributed by atoms with Crippen molar-refractivity contribution in [2.24, 2.45) is 11.8 Å². The monoisotopic (exact) mass is 338 g/mol. The van der Waals surface area contributed by atoms with Crippen LogP contribution in [0.5, 0.6) is 0 Å². The third-order valence-electron chi connectivity index (χ3n) is 3.08. The molecule has 0 aromatic heterocycles. The number of carbonyl (C=O) groups is 3. The Morgan fingerprint density at radius 3 is 2.05 bits per heavy atom. The fourth-order valence-corrected chi connectivity index (χ4v) is 3.36. The second-order valence-corrected chi connectivity index (χ2v) is 7.11. The van der Waals surface area contributed by atoms with Gasteiger partial charge in [-0.05, 0) is 19.8 Å². The Hall–Kier alpha value is -1.24. The van der Waals surface area contributed by atoms with Crippen molar-refractivity contribution in [3.63, 3.8) is 0 Å². The van der Waals surface area contributed by atoms with Crippen molar-refractivity contribution in [2.45, 2.75) is 39.5 Å². The number of carbonyl (C=O) groups excluding carboxylic acids is 1. The van der Waals surface area contributed by atoms with E-state index in [1.807, 2.05) is 0 Å². The van der Waals surface area contributed by atoms with E-state index in [-0.39, 0.29) is 31.7 Å². The van der Waals surface area contributed by atoms with Gasteiger partial charge in [-0.2, -0.15) is 0 Å². The maximum atomic E-state index is 11.8. The second-order valence-electron chi connectivity index (χ2n) is 5.21. The molecule has 0 aromatic carbocycles. The SMILES string of the molecule is CCCC(CP(=O)(O)OCCC(CC(C)=O)C(=O)O)C(=O)O. The zero-order valence-electron chi connectivity index (χ0n) is 12.7. The van der Waals surface area contributed by atoms with E-state index in [9.17, 15) is 23.8 Å². The molecule has 8 nitrogen and oxygen atoms in total. The Labute approximate surface area is 129 Å². The zero-order chi connectivity index (χ0) is 17.3. The summed E-state index contributed by atoms with van der Waals surface area (Å²) in [6.07, 6.45) is 0.0234. The molecule has 0 heterocycles. The summed E-state index contributed by atoms with van der Waals surface area (Å²) in [5, 5.41) is 17.9. The molecule has 128 valence electrons. The number of hydrogen-bond donors (Lipinski definition) is 3. The highest BCUT2D eigenvalue weighted by atomic mass is 31.2. The average Bonchev–Trinajstić information content (AvgIpc) is 2.35. The predicted molar refractivity (Wildman–Crippen MR) is 77.7 cm³/mol. The molecule has 0 aliphatic carbocycles. The predicted octanol–water partition coefficient (Wildman–Crippen LogP) is 1.76. The molecule has 9 heteroatoms. The largest absolute Gasteiger partial charge is 0.481 e. The van der Waals surface area contributed by atoms with Crippen LogP contribution < -0.4 is 0 Å². The van der Waals surface area contributed by atoms with Crippen LogP contribution in [0.2, 0.25) is 0 Å². The fourth-order valence-electron chi connectivity index (χ4n) is 1.97. The molecule has 0 saturated carbocycles.